The number of para-hydroxylation sites is 8. The van der Waals surface area contributed by atoms with Crippen molar-refractivity contribution in [1.29, 1.82) is 0 Å². The van der Waals surface area contributed by atoms with Crippen molar-refractivity contribution in [2.24, 2.45) is 0 Å². The van der Waals surface area contributed by atoms with E-state index in [0.29, 0.717) is 0 Å². The maximum Gasteiger partial charge on any atom is 0.159 e. The van der Waals surface area contributed by atoms with Gasteiger partial charge in [-0.15, -0.1) is 11.3 Å². The SMILES string of the molecule is c1ccc(N(c2ccccc2)c2ccc3oc4ccc(N(c5ccccc5)c5cccc6c5oc5c(N(c7ccccc7)c7ccc8sc9ccc(N(c%10ccccc%10)c%10ccccc%10)cc9c8c7)cccc56)cc4c3c2)cc1. The summed E-state index contributed by atoms with van der Waals surface area (Å²) in [6.45, 7) is 0. The third-order valence-corrected chi connectivity index (χ3v) is 16.1. The molecule has 12 aromatic carbocycles. The van der Waals surface area contributed by atoms with E-state index in [1.165, 1.54) is 20.2 Å². The lowest BCUT2D eigenvalue weighted by molar-refractivity contribution is 0.669. The van der Waals surface area contributed by atoms with Crippen LogP contribution in [0.3, 0.4) is 0 Å². The van der Waals surface area contributed by atoms with Crippen LogP contribution in [-0.4, -0.2) is 0 Å². The summed E-state index contributed by atoms with van der Waals surface area (Å²) in [5.74, 6) is 0. The molecule has 0 aliphatic carbocycles. The summed E-state index contributed by atoms with van der Waals surface area (Å²) < 4.78 is 16.4. The molecule has 374 valence electrons. The van der Waals surface area contributed by atoms with Crippen LogP contribution in [0.4, 0.5) is 68.2 Å². The van der Waals surface area contributed by atoms with E-state index in [-0.39, 0.29) is 0 Å². The van der Waals surface area contributed by atoms with E-state index in [0.717, 1.165) is 112 Å². The minimum atomic E-state index is 0.788. The number of nitrogens with zero attached hydrogens (tertiary/aromatic N) is 4. The lowest BCUT2D eigenvalue weighted by atomic mass is 10.1. The van der Waals surface area contributed by atoms with E-state index >= 15 is 0 Å². The van der Waals surface area contributed by atoms with Gasteiger partial charge in [-0.05, 0) is 158 Å². The third kappa shape index (κ3) is 8.11. The first kappa shape index (κ1) is 46.0. The second-order valence-electron chi connectivity index (χ2n) is 19.7. The van der Waals surface area contributed by atoms with E-state index in [9.17, 15) is 0 Å². The summed E-state index contributed by atoms with van der Waals surface area (Å²) >= 11 is 1.83. The van der Waals surface area contributed by atoms with Gasteiger partial charge in [-0.1, -0.05) is 133 Å². The average Bonchev–Trinajstić information content (AvgIpc) is 4.43. The molecule has 15 aromatic rings. The molecule has 0 spiro atoms. The Morgan fingerprint density at radius 3 is 0.873 bits per heavy atom. The van der Waals surface area contributed by atoms with E-state index < -0.39 is 0 Å². The zero-order chi connectivity index (χ0) is 52.2. The summed E-state index contributed by atoms with van der Waals surface area (Å²) in [5, 5.41) is 6.51. The largest absolute Gasteiger partial charge is 0.456 e. The van der Waals surface area contributed by atoms with Crippen molar-refractivity contribution in [2.75, 3.05) is 19.6 Å². The first-order valence-electron chi connectivity index (χ1n) is 26.6. The molecule has 0 amide bonds. The fourth-order valence-corrected chi connectivity index (χ4v) is 12.5. The van der Waals surface area contributed by atoms with Crippen LogP contribution < -0.4 is 19.6 Å². The molecule has 0 unspecified atom stereocenters. The Bertz CT molecular complexity index is 4300. The maximum absolute atomic E-state index is 7.39. The smallest absolute Gasteiger partial charge is 0.159 e. The lowest BCUT2D eigenvalue weighted by Gasteiger charge is -2.26. The molecule has 79 heavy (non-hydrogen) atoms. The molecule has 3 aromatic heterocycles. The van der Waals surface area contributed by atoms with Crippen molar-refractivity contribution >= 4 is 144 Å². The van der Waals surface area contributed by atoms with Crippen LogP contribution in [0.1, 0.15) is 0 Å². The molecule has 0 N–H and O–H groups in total. The van der Waals surface area contributed by atoms with Crippen molar-refractivity contribution in [2.45, 2.75) is 0 Å². The molecule has 0 saturated carbocycles. The summed E-state index contributed by atoms with van der Waals surface area (Å²) in [6.07, 6.45) is 0. The quantitative estimate of drug-likeness (QED) is 0.121. The van der Waals surface area contributed by atoms with Crippen molar-refractivity contribution < 1.29 is 8.83 Å². The highest BCUT2D eigenvalue weighted by Gasteiger charge is 2.25. The van der Waals surface area contributed by atoms with Gasteiger partial charge in [0.05, 0.1) is 11.4 Å². The zero-order valence-electron chi connectivity index (χ0n) is 42.7. The number of furan rings is 2. The summed E-state index contributed by atoms with van der Waals surface area (Å²) in [7, 11) is 0. The Kier molecular flexibility index (Phi) is 11.3. The zero-order valence-corrected chi connectivity index (χ0v) is 43.5. The third-order valence-electron chi connectivity index (χ3n) is 15.0. The number of benzene rings is 12. The van der Waals surface area contributed by atoms with Gasteiger partial charge in [-0.2, -0.15) is 0 Å². The van der Waals surface area contributed by atoms with Crippen molar-refractivity contribution in [3.8, 4) is 0 Å². The standard InChI is InChI=1S/C72H48N4O2S/c1-7-21-49(22-8-1)73(50-23-9-2-10-24-50)55-37-41-67-61(45-55)62-46-57(38-42-68(62)77-67)75(53-29-15-5-16-30-53)65-35-19-33-59-60-34-20-36-66(72(60)78-71(59)65)76(54-31-17-6-18-32-54)58-40-44-70-64(48-58)63-47-56(39-43-69(63)79-70)74(51-25-11-3-12-26-51)52-27-13-4-14-28-52/h1-48H. The summed E-state index contributed by atoms with van der Waals surface area (Å²) in [6, 6.07) is 103. The Balaban J connectivity index is 0.873. The molecule has 0 aliphatic rings. The van der Waals surface area contributed by atoms with Crippen LogP contribution in [0.25, 0.3) is 64.0 Å². The number of fused-ring (bicyclic) bond motifs is 9. The van der Waals surface area contributed by atoms with Gasteiger partial charge in [0.2, 0.25) is 0 Å². The van der Waals surface area contributed by atoms with Crippen LogP contribution in [-0.2, 0) is 0 Å². The van der Waals surface area contributed by atoms with E-state index in [4.69, 9.17) is 8.83 Å². The van der Waals surface area contributed by atoms with Gasteiger partial charge in [0.1, 0.15) is 11.2 Å². The van der Waals surface area contributed by atoms with Crippen LogP contribution >= 0.6 is 11.3 Å². The number of hydrogen-bond acceptors (Lipinski definition) is 7. The Hall–Kier alpha value is -10.3. The Labute approximate surface area is 460 Å². The Morgan fingerprint density at radius 2 is 0.519 bits per heavy atom. The van der Waals surface area contributed by atoms with E-state index in [2.05, 4.69) is 311 Å². The molecule has 0 saturated heterocycles. The van der Waals surface area contributed by atoms with Crippen LogP contribution in [0.5, 0.6) is 0 Å². The highest BCUT2D eigenvalue weighted by atomic mass is 32.1. The van der Waals surface area contributed by atoms with Gasteiger partial charge >= 0.3 is 0 Å². The summed E-state index contributed by atoms with van der Waals surface area (Å²) in [4.78, 5) is 9.27. The Morgan fingerprint density at radius 1 is 0.215 bits per heavy atom. The summed E-state index contributed by atoms with van der Waals surface area (Å²) in [5.41, 5.74) is 15.6. The topological polar surface area (TPSA) is 39.2 Å². The molecule has 0 radical (unpaired) electrons. The monoisotopic (exact) mass is 1030 g/mol. The minimum Gasteiger partial charge on any atom is -0.456 e. The number of hydrogen-bond donors (Lipinski definition) is 0. The molecule has 3 heterocycles. The molecule has 0 atom stereocenters. The van der Waals surface area contributed by atoms with Gasteiger partial charge in [-0.3, -0.25) is 0 Å². The average molecular weight is 1030 g/mol. The van der Waals surface area contributed by atoms with Crippen molar-refractivity contribution in [3.05, 3.63) is 291 Å². The minimum absolute atomic E-state index is 0.788. The van der Waals surface area contributed by atoms with Gasteiger partial charge in [0, 0.05) is 98.6 Å². The fraction of sp³-hybridized carbons (Fsp3) is 0. The molecular weight excluding hydrogens is 985 g/mol. The van der Waals surface area contributed by atoms with Gasteiger partial charge in [-0.25, -0.2) is 0 Å². The first-order valence-corrected chi connectivity index (χ1v) is 27.4. The number of thiophene rings is 1. The molecule has 0 aliphatic heterocycles. The number of rotatable bonds is 12. The fourth-order valence-electron chi connectivity index (χ4n) is 11.4. The van der Waals surface area contributed by atoms with Crippen LogP contribution in [0, 0.1) is 0 Å². The molecule has 6 nitrogen and oxygen atoms in total. The van der Waals surface area contributed by atoms with Gasteiger partial charge in [0.25, 0.3) is 0 Å². The van der Waals surface area contributed by atoms with E-state index in [1.54, 1.807) is 0 Å². The van der Waals surface area contributed by atoms with Gasteiger partial charge in [0.15, 0.2) is 11.2 Å². The predicted molar refractivity (Wildman–Crippen MR) is 333 cm³/mol. The molecule has 7 heteroatoms. The second kappa shape index (κ2) is 19.3. The predicted octanol–water partition coefficient (Wildman–Crippen LogP) is 21.7. The van der Waals surface area contributed by atoms with Crippen LogP contribution in [0.15, 0.2) is 300 Å². The van der Waals surface area contributed by atoms with E-state index in [1.807, 2.05) is 11.3 Å². The van der Waals surface area contributed by atoms with Crippen LogP contribution in [0.2, 0.25) is 0 Å². The highest BCUT2D eigenvalue weighted by Crippen LogP contribution is 2.49. The lowest BCUT2D eigenvalue weighted by Crippen LogP contribution is -2.10. The maximum atomic E-state index is 7.39. The normalized spacial score (nSPS) is 11.5. The molecule has 0 bridgehead atoms. The number of anilines is 12. The molecule has 15 rings (SSSR count). The molecular formula is C72H48N4O2S. The van der Waals surface area contributed by atoms with Crippen molar-refractivity contribution in [3.63, 3.8) is 0 Å². The highest BCUT2D eigenvalue weighted by molar-refractivity contribution is 7.25. The first-order chi connectivity index (χ1) is 39.2. The second-order valence-corrected chi connectivity index (χ2v) is 20.8. The van der Waals surface area contributed by atoms with Crippen molar-refractivity contribution in [1.82, 2.24) is 0 Å². The van der Waals surface area contributed by atoms with Gasteiger partial charge < -0.3 is 28.4 Å². The molecule has 0 fully saturated rings.